The lowest BCUT2D eigenvalue weighted by Gasteiger charge is -2.32. The maximum atomic E-state index is 11.5. The van der Waals surface area contributed by atoms with Crippen molar-refractivity contribution in [3.63, 3.8) is 0 Å². The lowest BCUT2D eigenvalue weighted by atomic mass is 9.78. The molecule has 0 aliphatic carbocycles. The Morgan fingerprint density at radius 1 is 1.37 bits per heavy atom. The zero-order chi connectivity index (χ0) is 14.8. The molecule has 2 N–H and O–H groups in total. The molecule has 0 bridgehead atoms. The predicted molar refractivity (Wildman–Crippen MR) is 75.7 cm³/mol. The van der Waals surface area contributed by atoms with Gasteiger partial charge in [0.25, 0.3) is 0 Å². The van der Waals surface area contributed by atoms with E-state index in [-0.39, 0.29) is 6.04 Å². The first kappa shape index (κ1) is 15.5. The summed E-state index contributed by atoms with van der Waals surface area (Å²) in [5.41, 5.74) is 2.11. The molecule has 0 saturated carbocycles. The average Bonchev–Trinajstić information content (AvgIpc) is 2.31. The van der Waals surface area contributed by atoms with Crippen molar-refractivity contribution in [1.29, 1.82) is 0 Å². The molecule has 4 heteroatoms. The number of ether oxygens (including phenoxy) is 1. The summed E-state index contributed by atoms with van der Waals surface area (Å²) in [5, 5.41) is 12.5. The smallest absolute Gasteiger partial charge is 0.311 e. The van der Waals surface area contributed by atoms with Gasteiger partial charge < -0.3 is 15.2 Å². The van der Waals surface area contributed by atoms with Gasteiger partial charge in [-0.05, 0) is 51.9 Å². The fourth-order valence-corrected chi connectivity index (χ4v) is 2.47. The Labute approximate surface area is 114 Å². The van der Waals surface area contributed by atoms with E-state index in [2.05, 4.69) is 5.32 Å². The largest absolute Gasteiger partial charge is 0.496 e. The second-order valence-electron chi connectivity index (χ2n) is 5.45. The Morgan fingerprint density at radius 2 is 1.95 bits per heavy atom. The van der Waals surface area contributed by atoms with Crippen molar-refractivity contribution < 1.29 is 14.6 Å². The molecule has 1 aromatic rings. The van der Waals surface area contributed by atoms with Crippen molar-refractivity contribution in [3.05, 3.63) is 28.8 Å². The molecule has 19 heavy (non-hydrogen) atoms. The highest BCUT2D eigenvalue weighted by molar-refractivity contribution is 5.75. The van der Waals surface area contributed by atoms with Gasteiger partial charge in [-0.25, -0.2) is 0 Å². The zero-order valence-corrected chi connectivity index (χ0v) is 12.5. The number of hydrogen-bond donors (Lipinski definition) is 2. The predicted octanol–water partition coefficient (Wildman–Crippen LogP) is 2.68. The van der Waals surface area contributed by atoms with E-state index in [0.717, 1.165) is 22.4 Å². The van der Waals surface area contributed by atoms with Crippen LogP contribution in [-0.4, -0.2) is 25.2 Å². The van der Waals surface area contributed by atoms with Crippen molar-refractivity contribution in [2.75, 3.05) is 14.2 Å². The number of aryl methyl sites for hydroxylation is 2. The van der Waals surface area contributed by atoms with Gasteiger partial charge in [0.2, 0.25) is 0 Å². The maximum Gasteiger partial charge on any atom is 0.311 e. The number of carboxylic acid groups (broad SMARTS) is 1. The lowest BCUT2D eigenvalue weighted by molar-refractivity contribution is -0.148. The number of aliphatic carboxylic acids is 1. The third kappa shape index (κ3) is 2.89. The van der Waals surface area contributed by atoms with Crippen LogP contribution < -0.4 is 10.1 Å². The van der Waals surface area contributed by atoms with E-state index in [1.807, 2.05) is 26.0 Å². The molecule has 1 atom stereocenters. The topological polar surface area (TPSA) is 58.6 Å². The summed E-state index contributed by atoms with van der Waals surface area (Å²) >= 11 is 0. The molecular weight excluding hydrogens is 242 g/mol. The molecule has 0 spiro atoms. The van der Waals surface area contributed by atoms with Gasteiger partial charge in [-0.3, -0.25) is 4.79 Å². The van der Waals surface area contributed by atoms with Gasteiger partial charge in [0.05, 0.1) is 18.6 Å². The SMILES string of the molecule is CNC(c1c(C)cc(C)cc1OC)C(C)(C)C(=O)O. The lowest BCUT2D eigenvalue weighted by Crippen LogP contribution is -2.39. The second kappa shape index (κ2) is 5.61. The third-order valence-corrected chi connectivity index (χ3v) is 3.56. The van der Waals surface area contributed by atoms with Gasteiger partial charge in [-0.15, -0.1) is 0 Å². The van der Waals surface area contributed by atoms with Crippen LogP contribution in [0.15, 0.2) is 12.1 Å². The number of benzene rings is 1. The Balaban J connectivity index is 3.45. The summed E-state index contributed by atoms with van der Waals surface area (Å²) in [7, 11) is 3.38. The molecule has 4 nitrogen and oxygen atoms in total. The van der Waals surface area contributed by atoms with Gasteiger partial charge in [0, 0.05) is 5.56 Å². The molecule has 0 aromatic heterocycles. The molecule has 106 valence electrons. The minimum absolute atomic E-state index is 0.319. The number of carboxylic acids is 1. The molecule has 1 unspecified atom stereocenters. The molecule has 0 aliphatic rings. The minimum Gasteiger partial charge on any atom is -0.496 e. The van der Waals surface area contributed by atoms with E-state index in [9.17, 15) is 9.90 Å². The zero-order valence-electron chi connectivity index (χ0n) is 12.5. The molecule has 0 heterocycles. The van der Waals surface area contributed by atoms with Gasteiger partial charge >= 0.3 is 5.97 Å². The first-order valence-electron chi connectivity index (χ1n) is 6.31. The third-order valence-electron chi connectivity index (χ3n) is 3.56. The van der Waals surface area contributed by atoms with Crippen LogP contribution in [0.1, 0.15) is 36.6 Å². The van der Waals surface area contributed by atoms with Crippen LogP contribution >= 0.6 is 0 Å². The summed E-state index contributed by atoms with van der Waals surface area (Å²) in [6, 6.07) is 3.66. The van der Waals surface area contributed by atoms with E-state index in [1.165, 1.54) is 0 Å². The molecular formula is C15H23NO3. The number of rotatable bonds is 5. The number of methoxy groups -OCH3 is 1. The van der Waals surface area contributed by atoms with Crippen molar-refractivity contribution in [2.24, 2.45) is 5.41 Å². The highest BCUT2D eigenvalue weighted by Crippen LogP contribution is 2.40. The van der Waals surface area contributed by atoms with Crippen LogP contribution in [0.3, 0.4) is 0 Å². The summed E-state index contributed by atoms with van der Waals surface area (Å²) in [5.74, 6) is -0.111. The normalized spacial score (nSPS) is 13.2. The van der Waals surface area contributed by atoms with Crippen LogP contribution in [0.2, 0.25) is 0 Å². The summed E-state index contributed by atoms with van der Waals surface area (Å²) in [6.45, 7) is 7.41. The molecule has 0 radical (unpaired) electrons. The monoisotopic (exact) mass is 265 g/mol. The van der Waals surface area contributed by atoms with Gasteiger partial charge in [-0.2, -0.15) is 0 Å². The highest BCUT2D eigenvalue weighted by atomic mass is 16.5. The van der Waals surface area contributed by atoms with Crippen molar-refractivity contribution in [2.45, 2.75) is 33.7 Å². The minimum atomic E-state index is -0.929. The van der Waals surface area contributed by atoms with Gasteiger partial charge in [-0.1, -0.05) is 6.07 Å². The molecule has 0 aliphatic heterocycles. The maximum absolute atomic E-state index is 11.5. The quantitative estimate of drug-likeness (QED) is 0.859. The van der Waals surface area contributed by atoms with E-state index < -0.39 is 11.4 Å². The molecule has 0 fully saturated rings. The number of carbonyl (C=O) groups is 1. The summed E-state index contributed by atoms with van der Waals surface area (Å²) in [4.78, 5) is 11.5. The van der Waals surface area contributed by atoms with Crippen LogP contribution in [-0.2, 0) is 4.79 Å². The average molecular weight is 265 g/mol. The van der Waals surface area contributed by atoms with Gasteiger partial charge in [0.1, 0.15) is 5.75 Å². The van der Waals surface area contributed by atoms with E-state index in [0.29, 0.717) is 0 Å². The van der Waals surface area contributed by atoms with Crippen molar-refractivity contribution in [1.82, 2.24) is 5.32 Å². The van der Waals surface area contributed by atoms with E-state index in [4.69, 9.17) is 4.74 Å². The van der Waals surface area contributed by atoms with Gasteiger partial charge in [0.15, 0.2) is 0 Å². The van der Waals surface area contributed by atoms with Crippen LogP contribution in [0.4, 0.5) is 0 Å². The van der Waals surface area contributed by atoms with Crippen molar-refractivity contribution in [3.8, 4) is 5.75 Å². The van der Waals surface area contributed by atoms with Crippen LogP contribution in [0, 0.1) is 19.3 Å². The number of hydrogen-bond acceptors (Lipinski definition) is 3. The fourth-order valence-electron chi connectivity index (χ4n) is 2.47. The Kier molecular flexibility index (Phi) is 4.58. The first-order valence-corrected chi connectivity index (χ1v) is 6.31. The Bertz CT molecular complexity index is 481. The number of nitrogens with one attached hydrogen (secondary N) is 1. The molecule has 0 amide bonds. The summed E-state index contributed by atoms with van der Waals surface area (Å²) in [6.07, 6.45) is 0. The Hall–Kier alpha value is -1.55. The highest BCUT2D eigenvalue weighted by Gasteiger charge is 2.39. The first-order chi connectivity index (χ1) is 8.75. The standard InChI is InChI=1S/C15H23NO3/c1-9-7-10(2)12(11(8-9)19-6)13(16-5)15(3,4)14(17)18/h7-8,13,16H,1-6H3,(H,17,18). The van der Waals surface area contributed by atoms with E-state index in [1.54, 1.807) is 28.0 Å². The van der Waals surface area contributed by atoms with Crippen molar-refractivity contribution >= 4 is 5.97 Å². The van der Waals surface area contributed by atoms with Crippen LogP contribution in [0.25, 0.3) is 0 Å². The Morgan fingerprint density at radius 3 is 2.37 bits per heavy atom. The molecule has 1 aromatic carbocycles. The molecule has 1 rings (SSSR count). The van der Waals surface area contributed by atoms with Crippen LogP contribution in [0.5, 0.6) is 5.75 Å². The van der Waals surface area contributed by atoms with E-state index >= 15 is 0 Å². The molecule has 0 saturated heterocycles. The fraction of sp³-hybridized carbons (Fsp3) is 0.533. The second-order valence-corrected chi connectivity index (χ2v) is 5.45. The summed E-state index contributed by atoms with van der Waals surface area (Å²) < 4.78 is 5.43.